The summed E-state index contributed by atoms with van der Waals surface area (Å²) in [6.45, 7) is 2.49. The Morgan fingerprint density at radius 1 is 1.24 bits per heavy atom. The maximum Gasteiger partial charge on any atom is 0.237 e. The minimum Gasteiger partial charge on any atom is -0.497 e. The number of rotatable bonds is 10. The zero-order chi connectivity index (χ0) is 24.0. The number of hydroxylamine groups is 2. The topological polar surface area (TPSA) is 122 Å². The van der Waals surface area contributed by atoms with E-state index in [1.807, 2.05) is 0 Å². The number of morpholine rings is 1. The number of methoxy groups -OCH3 is 1. The van der Waals surface area contributed by atoms with E-state index in [-0.39, 0.29) is 21.8 Å². The highest BCUT2D eigenvalue weighted by molar-refractivity contribution is 7.91. The van der Waals surface area contributed by atoms with E-state index in [9.17, 15) is 18.4 Å². The van der Waals surface area contributed by atoms with Crippen molar-refractivity contribution in [2.24, 2.45) is 5.73 Å². The third-order valence-corrected chi connectivity index (χ3v) is 7.58. The lowest BCUT2D eigenvalue weighted by molar-refractivity contribution is -0.158. The van der Waals surface area contributed by atoms with Gasteiger partial charge in [-0.05, 0) is 48.4 Å². The average Bonchev–Trinajstić information content (AvgIpc) is 2.79. The average molecular weight is 496 g/mol. The molecule has 1 fully saturated rings. The molecule has 0 aliphatic carbocycles. The molecule has 33 heavy (non-hydrogen) atoms. The molecule has 2 unspecified atom stereocenters. The van der Waals surface area contributed by atoms with Gasteiger partial charge in [-0.3, -0.25) is 9.69 Å². The van der Waals surface area contributed by atoms with Crippen molar-refractivity contribution >= 4 is 28.4 Å². The molecule has 1 amide bonds. The smallest absolute Gasteiger partial charge is 0.237 e. The van der Waals surface area contributed by atoms with E-state index < -0.39 is 21.8 Å². The number of hydrogen-bond acceptors (Lipinski definition) is 9. The third-order valence-electron chi connectivity index (χ3n) is 5.49. The molecule has 1 aliphatic heterocycles. The van der Waals surface area contributed by atoms with Crippen LogP contribution in [0.15, 0.2) is 58.3 Å². The monoisotopic (exact) mass is 495 g/mol. The minimum atomic E-state index is -3.69. The van der Waals surface area contributed by atoms with Crippen molar-refractivity contribution in [3.05, 3.63) is 54.1 Å². The van der Waals surface area contributed by atoms with Crippen LogP contribution < -0.4 is 10.5 Å². The number of nitrogens with two attached hydrogens (primary N) is 1. The third kappa shape index (κ3) is 6.69. The maximum atomic E-state index is 12.8. The molecule has 2 aromatic carbocycles. The number of benzene rings is 2. The number of nitrogens with zero attached hydrogens (tertiary/aromatic N) is 2. The van der Waals surface area contributed by atoms with E-state index >= 15 is 0 Å². The molecule has 1 saturated heterocycles. The van der Waals surface area contributed by atoms with Gasteiger partial charge in [0, 0.05) is 26.2 Å². The van der Waals surface area contributed by atoms with Gasteiger partial charge in [0.15, 0.2) is 0 Å². The van der Waals surface area contributed by atoms with Gasteiger partial charge in [-0.2, -0.15) is 5.06 Å². The molecule has 0 saturated carbocycles. The predicted octanol–water partition coefficient (Wildman–Crippen LogP) is 1.55. The van der Waals surface area contributed by atoms with Crippen LogP contribution >= 0.6 is 12.6 Å². The highest BCUT2D eigenvalue weighted by atomic mass is 32.2. The van der Waals surface area contributed by atoms with Crippen molar-refractivity contribution in [3.63, 3.8) is 0 Å². The molecule has 1 heterocycles. The van der Waals surface area contributed by atoms with Crippen molar-refractivity contribution in [1.29, 1.82) is 0 Å². The van der Waals surface area contributed by atoms with Gasteiger partial charge in [-0.15, -0.1) is 12.6 Å². The summed E-state index contributed by atoms with van der Waals surface area (Å²) in [6, 6.07) is 11.4. The van der Waals surface area contributed by atoms with E-state index in [1.54, 1.807) is 24.3 Å². The van der Waals surface area contributed by atoms with Crippen LogP contribution in [0.5, 0.6) is 5.75 Å². The molecule has 9 nitrogen and oxygen atoms in total. The summed E-state index contributed by atoms with van der Waals surface area (Å²) in [5, 5.41) is 11.4. The summed E-state index contributed by atoms with van der Waals surface area (Å²) in [6.07, 6.45) is 0.344. The molecule has 0 aromatic heterocycles. The summed E-state index contributed by atoms with van der Waals surface area (Å²) < 4.78 is 36.1. The van der Waals surface area contributed by atoms with Crippen molar-refractivity contribution in [3.8, 4) is 5.75 Å². The lowest BCUT2D eigenvalue weighted by Gasteiger charge is -2.32. The summed E-state index contributed by atoms with van der Waals surface area (Å²) in [7, 11) is -2.18. The summed E-state index contributed by atoms with van der Waals surface area (Å²) in [5.74, 6) is -0.0673. The second-order valence-corrected chi connectivity index (χ2v) is 10.3. The first kappa shape index (κ1) is 25.5. The van der Waals surface area contributed by atoms with Crippen LogP contribution in [0.1, 0.15) is 12.0 Å². The largest absolute Gasteiger partial charge is 0.497 e. The number of primary amides is 1. The van der Waals surface area contributed by atoms with E-state index in [4.69, 9.17) is 15.2 Å². The minimum absolute atomic E-state index is 0.0226. The standard InChI is InChI=1S/C22H29N3O6S2/c1-30-17-4-8-19(9-5-17)33(28,29)18-6-2-16(3-7-18)14-25(27)20(22(23)26)10-11-24-12-13-31-21(32)15-24/h2-9,20-21,27,32H,10-15H2,1H3,(H2,23,26). The first-order valence-corrected chi connectivity index (χ1v) is 12.5. The molecule has 3 N–H and O–H groups in total. The maximum absolute atomic E-state index is 12.8. The summed E-state index contributed by atoms with van der Waals surface area (Å²) >= 11 is 4.31. The number of ether oxygens (including phenoxy) is 2. The van der Waals surface area contributed by atoms with Crippen LogP contribution in [0.3, 0.4) is 0 Å². The fraction of sp³-hybridized carbons (Fsp3) is 0.409. The number of amides is 1. The van der Waals surface area contributed by atoms with E-state index in [2.05, 4.69) is 17.5 Å². The molecular formula is C22H29N3O6S2. The Morgan fingerprint density at radius 3 is 2.39 bits per heavy atom. The first-order valence-electron chi connectivity index (χ1n) is 10.5. The van der Waals surface area contributed by atoms with Crippen LogP contribution in [0, 0.1) is 0 Å². The Bertz CT molecular complexity index is 1030. The predicted molar refractivity (Wildman–Crippen MR) is 125 cm³/mol. The molecule has 11 heteroatoms. The van der Waals surface area contributed by atoms with Gasteiger partial charge in [0.05, 0.1) is 23.5 Å². The van der Waals surface area contributed by atoms with Crippen molar-refractivity contribution in [2.75, 3.05) is 33.4 Å². The normalized spacial score (nSPS) is 18.2. The fourth-order valence-corrected chi connectivity index (χ4v) is 5.19. The Labute approximate surface area is 199 Å². The lowest BCUT2D eigenvalue weighted by atomic mass is 10.1. The number of carbonyl (C=O) groups excluding carboxylic acids is 1. The Balaban J connectivity index is 1.63. The van der Waals surface area contributed by atoms with Gasteiger partial charge in [-0.25, -0.2) is 8.42 Å². The Hall–Kier alpha value is -2.15. The fourth-order valence-electron chi connectivity index (χ4n) is 3.59. The van der Waals surface area contributed by atoms with Crippen molar-refractivity contribution in [1.82, 2.24) is 9.96 Å². The van der Waals surface area contributed by atoms with Crippen LogP contribution in [0.2, 0.25) is 0 Å². The number of sulfone groups is 1. The van der Waals surface area contributed by atoms with Gasteiger partial charge in [0.1, 0.15) is 17.2 Å². The molecule has 2 atom stereocenters. The van der Waals surface area contributed by atoms with Gasteiger partial charge < -0.3 is 20.4 Å². The molecule has 1 aliphatic rings. The van der Waals surface area contributed by atoms with Crippen LogP contribution in [0.25, 0.3) is 0 Å². The second-order valence-electron chi connectivity index (χ2n) is 7.75. The number of hydrogen-bond donors (Lipinski definition) is 3. The molecular weight excluding hydrogens is 466 g/mol. The lowest BCUT2D eigenvalue weighted by Crippen LogP contribution is -2.47. The highest BCUT2D eigenvalue weighted by Gasteiger charge is 2.26. The van der Waals surface area contributed by atoms with E-state index in [1.165, 1.54) is 31.4 Å². The highest BCUT2D eigenvalue weighted by Crippen LogP contribution is 2.24. The quantitative estimate of drug-likeness (QED) is 0.335. The van der Waals surface area contributed by atoms with E-state index in [0.29, 0.717) is 37.4 Å². The van der Waals surface area contributed by atoms with Crippen LogP contribution in [-0.2, 0) is 25.9 Å². The first-order chi connectivity index (χ1) is 15.7. The van der Waals surface area contributed by atoms with Gasteiger partial charge in [0.25, 0.3) is 0 Å². The van der Waals surface area contributed by atoms with Gasteiger partial charge in [-0.1, -0.05) is 12.1 Å². The molecule has 2 aromatic rings. The second kappa shape index (κ2) is 11.3. The van der Waals surface area contributed by atoms with Crippen LogP contribution in [-0.4, -0.2) is 74.3 Å². The van der Waals surface area contributed by atoms with Crippen molar-refractivity contribution in [2.45, 2.75) is 34.2 Å². The molecule has 3 rings (SSSR count). The molecule has 0 radical (unpaired) electrons. The molecule has 180 valence electrons. The zero-order valence-corrected chi connectivity index (χ0v) is 20.0. The number of thiol groups is 1. The van der Waals surface area contributed by atoms with Crippen molar-refractivity contribution < 1.29 is 27.9 Å². The zero-order valence-electron chi connectivity index (χ0n) is 18.3. The van der Waals surface area contributed by atoms with Gasteiger partial charge >= 0.3 is 0 Å². The van der Waals surface area contributed by atoms with Gasteiger partial charge in [0.2, 0.25) is 15.7 Å². The molecule has 0 bridgehead atoms. The van der Waals surface area contributed by atoms with Crippen LogP contribution in [0.4, 0.5) is 0 Å². The SMILES string of the molecule is COc1ccc(S(=O)(=O)c2ccc(CN(O)C(CCN3CCOC(S)C3)C(N)=O)cc2)cc1. The molecule has 0 spiro atoms. The Kier molecular flexibility index (Phi) is 8.74. The Morgan fingerprint density at radius 2 is 1.85 bits per heavy atom. The summed E-state index contributed by atoms with van der Waals surface area (Å²) in [4.78, 5) is 14.3. The van der Waals surface area contributed by atoms with E-state index in [0.717, 1.165) is 11.6 Å². The summed E-state index contributed by atoms with van der Waals surface area (Å²) in [5.41, 5.74) is 5.97. The number of carbonyl (C=O) groups is 1.